The molecule has 1 aromatic carbocycles. The van der Waals surface area contributed by atoms with Gasteiger partial charge < -0.3 is 15.7 Å². The molecule has 2 atom stereocenters. The summed E-state index contributed by atoms with van der Waals surface area (Å²) < 4.78 is 0. The van der Waals surface area contributed by atoms with Gasteiger partial charge in [0.25, 0.3) is 0 Å². The Balaban J connectivity index is 1.94. The van der Waals surface area contributed by atoms with Gasteiger partial charge in [-0.05, 0) is 44.0 Å². The number of benzene rings is 1. The van der Waals surface area contributed by atoms with Crippen molar-refractivity contribution < 1.29 is 9.90 Å². The van der Waals surface area contributed by atoms with Crippen LogP contribution in [0, 0.1) is 0 Å². The van der Waals surface area contributed by atoms with Crippen molar-refractivity contribution in [2.45, 2.75) is 38.3 Å². The van der Waals surface area contributed by atoms with Crippen LogP contribution in [0.4, 0.5) is 0 Å². The van der Waals surface area contributed by atoms with E-state index in [0.29, 0.717) is 0 Å². The fourth-order valence-electron chi connectivity index (χ4n) is 2.27. The minimum Gasteiger partial charge on any atom is -0.508 e. The molecule has 3 N–H and O–H groups in total. The van der Waals surface area contributed by atoms with Crippen LogP contribution < -0.4 is 10.6 Å². The molecule has 0 bridgehead atoms. The van der Waals surface area contributed by atoms with E-state index in [4.69, 9.17) is 0 Å². The number of rotatable bonds is 3. The zero-order chi connectivity index (χ0) is 13.0. The molecule has 1 unspecified atom stereocenters. The van der Waals surface area contributed by atoms with E-state index in [1.807, 2.05) is 13.0 Å². The monoisotopic (exact) mass is 248 g/mol. The number of amides is 1. The van der Waals surface area contributed by atoms with Crippen LogP contribution >= 0.6 is 0 Å². The number of phenolic OH excluding ortho intramolecular Hbond substituents is 1. The Kier molecular flexibility index (Phi) is 4.20. The summed E-state index contributed by atoms with van der Waals surface area (Å²) in [4.78, 5) is 12.0. The minimum atomic E-state index is -0.0895. The Morgan fingerprint density at radius 2 is 2.33 bits per heavy atom. The molecule has 1 aliphatic rings. The SMILES string of the molecule is CC(NC(=O)[C@@H]1CCCCN1)c1cccc(O)c1. The van der Waals surface area contributed by atoms with E-state index < -0.39 is 0 Å². The second-order valence-electron chi connectivity index (χ2n) is 4.83. The third-order valence-corrected chi connectivity index (χ3v) is 3.36. The number of hydrogen-bond donors (Lipinski definition) is 3. The van der Waals surface area contributed by atoms with Gasteiger partial charge in [-0.2, -0.15) is 0 Å². The molecule has 1 amide bonds. The normalized spacial score (nSPS) is 21.3. The van der Waals surface area contributed by atoms with E-state index in [1.54, 1.807) is 18.2 Å². The van der Waals surface area contributed by atoms with E-state index in [2.05, 4.69) is 10.6 Å². The summed E-state index contributed by atoms with van der Waals surface area (Å²) in [5, 5.41) is 15.6. The predicted molar refractivity (Wildman–Crippen MR) is 70.3 cm³/mol. The van der Waals surface area contributed by atoms with Gasteiger partial charge in [-0.1, -0.05) is 18.6 Å². The third-order valence-electron chi connectivity index (χ3n) is 3.36. The maximum atomic E-state index is 12.0. The predicted octanol–water partition coefficient (Wildman–Crippen LogP) is 1.71. The van der Waals surface area contributed by atoms with Gasteiger partial charge in [0.05, 0.1) is 12.1 Å². The van der Waals surface area contributed by atoms with Crippen molar-refractivity contribution in [3.8, 4) is 5.75 Å². The molecule has 0 aromatic heterocycles. The van der Waals surface area contributed by atoms with Crippen LogP contribution in [0.3, 0.4) is 0 Å². The van der Waals surface area contributed by atoms with Crippen LogP contribution in [0.25, 0.3) is 0 Å². The fraction of sp³-hybridized carbons (Fsp3) is 0.500. The van der Waals surface area contributed by atoms with Gasteiger partial charge in [-0.25, -0.2) is 0 Å². The van der Waals surface area contributed by atoms with Gasteiger partial charge in [0.2, 0.25) is 5.91 Å². The third kappa shape index (κ3) is 3.23. The molecule has 18 heavy (non-hydrogen) atoms. The summed E-state index contributed by atoms with van der Waals surface area (Å²) in [6.07, 6.45) is 3.15. The molecule has 1 aromatic rings. The Hall–Kier alpha value is -1.55. The molecular weight excluding hydrogens is 228 g/mol. The molecule has 4 nitrogen and oxygen atoms in total. The second kappa shape index (κ2) is 5.87. The van der Waals surface area contributed by atoms with Crippen molar-refractivity contribution in [2.75, 3.05) is 6.54 Å². The number of carbonyl (C=O) groups excluding carboxylic acids is 1. The number of phenols is 1. The maximum Gasteiger partial charge on any atom is 0.237 e. The lowest BCUT2D eigenvalue weighted by Crippen LogP contribution is -2.47. The largest absolute Gasteiger partial charge is 0.508 e. The molecule has 1 saturated heterocycles. The first-order chi connectivity index (χ1) is 8.66. The highest BCUT2D eigenvalue weighted by molar-refractivity contribution is 5.82. The highest BCUT2D eigenvalue weighted by Gasteiger charge is 2.21. The average molecular weight is 248 g/mol. The number of piperidine rings is 1. The lowest BCUT2D eigenvalue weighted by Gasteiger charge is -2.24. The lowest BCUT2D eigenvalue weighted by atomic mass is 10.0. The fourth-order valence-corrected chi connectivity index (χ4v) is 2.27. The van der Waals surface area contributed by atoms with Gasteiger partial charge in [0, 0.05) is 0 Å². The molecule has 2 rings (SSSR count). The van der Waals surface area contributed by atoms with E-state index in [-0.39, 0.29) is 23.7 Å². The lowest BCUT2D eigenvalue weighted by molar-refractivity contribution is -0.124. The summed E-state index contributed by atoms with van der Waals surface area (Å²) in [6.45, 7) is 2.84. The van der Waals surface area contributed by atoms with Crippen molar-refractivity contribution in [2.24, 2.45) is 0 Å². The standard InChI is InChI=1S/C14H20N2O2/c1-10(11-5-4-6-12(17)9-11)16-14(18)13-7-2-3-8-15-13/h4-6,9-10,13,15,17H,2-3,7-8H2,1H3,(H,16,18)/t10?,13-/m0/s1. The summed E-state index contributed by atoms with van der Waals surface area (Å²) >= 11 is 0. The topological polar surface area (TPSA) is 61.4 Å². The van der Waals surface area contributed by atoms with Gasteiger partial charge in [-0.15, -0.1) is 0 Å². The molecular formula is C14H20N2O2. The van der Waals surface area contributed by atoms with Crippen LogP contribution in [0.2, 0.25) is 0 Å². The molecule has 0 spiro atoms. The summed E-state index contributed by atoms with van der Waals surface area (Å²) in [5.41, 5.74) is 0.916. The summed E-state index contributed by atoms with van der Waals surface area (Å²) in [7, 11) is 0. The summed E-state index contributed by atoms with van der Waals surface area (Å²) in [5.74, 6) is 0.273. The van der Waals surface area contributed by atoms with E-state index >= 15 is 0 Å². The molecule has 1 aliphatic heterocycles. The van der Waals surface area contributed by atoms with Crippen LogP contribution in [0.15, 0.2) is 24.3 Å². The molecule has 0 aliphatic carbocycles. The summed E-state index contributed by atoms with van der Waals surface area (Å²) in [6, 6.07) is 6.83. The zero-order valence-corrected chi connectivity index (χ0v) is 10.6. The minimum absolute atomic E-state index is 0.0468. The highest BCUT2D eigenvalue weighted by Crippen LogP contribution is 2.18. The highest BCUT2D eigenvalue weighted by atomic mass is 16.3. The molecule has 98 valence electrons. The second-order valence-corrected chi connectivity index (χ2v) is 4.83. The number of hydrogen-bond acceptors (Lipinski definition) is 3. The number of aromatic hydroxyl groups is 1. The van der Waals surface area contributed by atoms with E-state index in [1.165, 1.54) is 0 Å². The number of carbonyl (C=O) groups is 1. The van der Waals surface area contributed by atoms with Crippen LogP contribution in [0.5, 0.6) is 5.75 Å². The maximum absolute atomic E-state index is 12.0. The first-order valence-corrected chi connectivity index (χ1v) is 6.49. The zero-order valence-electron chi connectivity index (χ0n) is 10.6. The van der Waals surface area contributed by atoms with Crippen LogP contribution in [0.1, 0.15) is 37.8 Å². The van der Waals surface area contributed by atoms with E-state index in [9.17, 15) is 9.90 Å². The quantitative estimate of drug-likeness (QED) is 0.763. The molecule has 1 heterocycles. The van der Waals surface area contributed by atoms with Crippen LogP contribution in [-0.2, 0) is 4.79 Å². The Bertz CT molecular complexity index is 414. The van der Waals surface area contributed by atoms with Crippen molar-refractivity contribution in [3.63, 3.8) is 0 Å². The average Bonchev–Trinajstić information content (AvgIpc) is 2.39. The van der Waals surface area contributed by atoms with Gasteiger partial charge >= 0.3 is 0 Å². The molecule has 0 radical (unpaired) electrons. The van der Waals surface area contributed by atoms with Gasteiger partial charge in [0.1, 0.15) is 5.75 Å². The first-order valence-electron chi connectivity index (χ1n) is 6.49. The van der Waals surface area contributed by atoms with Crippen molar-refractivity contribution >= 4 is 5.91 Å². The molecule has 4 heteroatoms. The Morgan fingerprint density at radius 1 is 1.50 bits per heavy atom. The van der Waals surface area contributed by atoms with Crippen molar-refractivity contribution in [3.05, 3.63) is 29.8 Å². The van der Waals surface area contributed by atoms with Crippen LogP contribution in [-0.4, -0.2) is 23.6 Å². The van der Waals surface area contributed by atoms with Crippen molar-refractivity contribution in [1.82, 2.24) is 10.6 Å². The molecule has 1 fully saturated rings. The molecule has 0 saturated carbocycles. The van der Waals surface area contributed by atoms with Crippen molar-refractivity contribution in [1.29, 1.82) is 0 Å². The van der Waals surface area contributed by atoms with E-state index in [0.717, 1.165) is 31.4 Å². The Morgan fingerprint density at radius 3 is 3.00 bits per heavy atom. The first kappa shape index (κ1) is 12.9. The number of nitrogens with one attached hydrogen (secondary N) is 2. The van der Waals surface area contributed by atoms with Gasteiger partial charge in [0.15, 0.2) is 0 Å². The van der Waals surface area contributed by atoms with Gasteiger partial charge in [-0.3, -0.25) is 4.79 Å². The Labute approximate surface area is 107 Å². The smallest absolute Gasteiger partial charge is 0.237 e.